The number of carbonyl (C=O) groups excluding carboxylic acids is 1. The Labute approximate surface area is 101 Å². The molecule has 17 heavy (non-hydrogen) atoms. The number of ether oxygens (including phenoxy) is 1. The van der Waals surface area contributed by atoms with Crippen molar-refractivity contribution in [3.8, 4) is 0 Å². The molecule has 1 fully saturated rings. The van der Waals surface area contributed by atoms with Gasteiger partial charge in [0.15, 0.2) is 0 Å². The van der Waals surface area contributed by atoms with Crippen LogP contribution in [0.5, 0.6) is 0 Å². The van der Waals surface area contributed by atoms with Gasteiger partial charge in [-0.2, -0.15) is 0 Å². The highest BCUT2D eigenvalue weighted by molar-refractivity contribution is 5.79. The minimum Gasteiger partial charge on any atom is -0.464 e. The van der Waals surface area contributed by atoms with Crippen LogP contribution in [0.25, 0.3) is 0 Å². The summed E-state index contributed by atoms with van der Waals surface area (Å²) in [5.41, 5.74) is 0. The predicted octanol–water partition coefficient (Wildman–Crippen LogP) is 1.40. The minimum absolute atomic E-state index is 0.147. The molecule has 1 aliphatic heterocycles. The van der Waals surface area contributed by atoms with E-state index in [-0.39, 0.29) is 12.0 Å². The van der Waals surface area contributed by atoms with E-state index in [0.717, 1.165) is 31.6 Å². The SMILES string of the molecule is CCOC(=O)C1CCCCN1c1ccncn1. The van der Waals surface area contributed by atoms with Crippen molar-refractivity contribution >= 4 is 11.8 Å². The van der Waals surface area contributed by atoms with E-state index in [2.05, 4.69) is 9.97 Å². The first kappa shape index (κ1) is 11.8. The number of hydrogen-bond donors (Lipinski definition) is 0. The van der Waals surface area contributed by atoms with Gasteiger partial charge in [-0.05, 0) is 32.3 Å². The Kier molecular flexibility index (Phi) is 3.90. The smallest absolute Gasteiger partial charge is 0.328 e. The molecular weight excluding hydrogens is 218 g/mol. The molecule has 0 N–H and O–H groups in total. The van der Waals surface area contributed by atoms with E-state index < -0.39 is 0 Å². The summed E-state index contributed by atoms with van der Waals surface area (Å²) < 4.78 is 5.11. The van der Waals surface area contributed by atoms with Crippen LogP contribution in [-0.4, -0.2) is 35.1 Å². The molecule has 2 heterocycles. The summed E-state index contributed by atoms with van der Waals surface area (Å²) in [4.78, 5) is 22.0. The van der Waals surface area contributed by atoms with Gasteiger partial charge in [-0.15, -0.1) is 0 Å². The Bertz CT molecular complexity index is 369. The number of carbonyl (C=O) groups is 1. The number of nitrogens with zero attached hydrogens (tertiary/aromatic N) is 3. The zero-order valence-corrected chi connectivity index (χ0v) is 10.0. The summed E-state index contributed by atoms with van der Waals surface area (Å²) in [5.74, 6) is 0.656. The number of aromatic nitrogens is 2. The van der Waals surface area contributed by atoms with Crippen molar-refractivity contribution in [3.63, 3.8) is 0 Å². The summed E-state index contributed by atoms with van der Waals surface area (Å²) in [6.07, 6.45) is 6.18. The zero-order valence-electron chi connectivity index (χ0n) is 10.0. The van der Waals surface area contributed by atoms with Crippen LogP contribution in [0.2, 0.25) is 0 Å². The molecule has 92 valence electrons. The molecule has 1 unspecified atom stereocenters. The van der Waals surface area contributed by atoms with Crippen molar-refractivity contribution in [2.75, 3.05) is 18.1 Å². The third-order valence-electron chi connectivity index (χ3n) is 2.92. The quantitative estimate of drug-likeness (QED) is 0.741. The number of rotatable bonds is 3. The second-order valence-electron chi connectivity index (χ2n) is 4.02. The molecule has 0 spiro atoms. The summed E-state index contributed by atoms with van der Waals surface area (Å²) >= 11 is 0. The molecule has 1 aromatic heterocycles. The van der Waals surface area contributed by atoms with Gasteiger partial charge in [0.25, 0.3) is 0 Å². The first-order chi connectivity index (χ1) is 8.33. The third-order valence-corrected chi connectivity index (χ3v) is 2.92. The third kappa shape index (κ3) is 2.72. The molecule has 0 aliphatic carbocycles. The maximum Gasteiger partial charge on any atom is 0.328 e. The van der Waals surface area contributed by atoms with E-state index in [1.54, 1.807) is 6.20 Å². The van der Waals surface area contributed by atoms with Gasteiger partial charge in [-0.1, -0.05) is 0 Å². The number of esters is 1. The summed E-state index contributed by atoms with van der Waals surface area (Å²) in [5, 5.41) is 0. The Balaban J connectivity index is 2.15. The monoisotopic (exact) mass is 235 g/mol. The van der Waals surface area contributed by atoms with Gasteiger partial charge in [0, 0.05) is 12.7 Å². The maximum atomic E-state index is 11.9. The molecule has 5 nitrogen and oxygen atoms in total. The van der Waals surface area contributed by atoms with Crippen LogP contribution in [0.15, 0.2) is 18.6 Å². The van der Waals surface area contributed by atoms with Crippen LogP contribution in [0.4, 0.5) is 5.82 Å². The molecular formula is C12H17N3O2. The molecule has 1 atom stereocenters. The molecule has 0 radical (unpaired) electrons. The van der Waals surface area contributed by atoms with Gasteiger partial charge in [-0.25, -0.2) is 14.8 Å². The second kappa shape index (κ2) is 5.61. The highest BCUT2D eigenvalue weighted by Crippen LogP contribution is 2.23. The van der Waals surface area contributed by atoms with Gasteiger partial charge in [0.2, 0.25) is 0 Å². The Morgan fingerprint density at radius 3 is 3.18 bits per heavy atom. The second-order valence-corrected chi connectivity index (χ2v) is 4.02. The lowest BCUT2D eigenvalue weighted by atomic mass is 10.0. The Morgan fingerprint density at radius 1 is 1.59 bits per heavy atom. The van der Waals surface area contributed by atoms with Crippen molar-refractivity contribution in [2.45, 2.75) is 32.2 Å². The Morgan fingerprint density at radius 2 is 2.47 bits per heavy atom. The minimum atomic E-state index is -0.196. The van der Waals surface area contributed by atoms with Crippen LogP contribution >= 0.6 is 0 Å². The van der Waals surface area contributed by atoms with Crippen LogP contribution in [0.3, 0.4) is 0 Å². The van der Waals surface area contributed by atoms with Gasteiger partial charge >= 0.3 is 5.97 Å². The molecule has 0 amide bonds. The van der Waals surface area contributed by atoms with Crippen molar-refractivity contribution < 1.29 is 9.53 Å². The van der Waals surface area contributed by atoms with Crippen molar-refractivity contribution in [1.29, 1.82) is 0 Å². The molecule has 1 saturated heterocycles. The predicted molar refractivity (Wildman–Crippen MR) is 63.7 cm³/mol. The van der Waals surface area contributed by atoms with E-state index in [9.17, 15) is 4.79 Å². The molecule has 2 rings (SSSR count). The molecule has 0 bridgehead atoms. The standard InChI is InChI=1S/C12H17N3O2/c1-2-17-12(16)10-5-3-4-8-15(10)11-6-7-13-9-14-11/h6-7,9-10H,2-5,8H2,1H3. The lowest BCUT2D eigenvalue weighted by Crippen LogP contribution is -2.46. The van der Waals surface area contributed by atoms with Crippen LogP contribution in [0, 0.1) is 0 Å². The molecule has 1 aromatic rings. The van der Waals surface area contributed by atoms with E-state index in [4.69, 9.17) is 4.74 Å². The largest absolute Gasteiger partial charge is 0.464 e. The first-order valence-corrected chi connectivity index (χ1v) is 6.02. The topological polar surface area (TPSA) is 55.3 Å². The molecule has 1 aliphatic rings. The normalized spacial score (nSPS) is 20.1. The van der Waals surface area contributed by atoms with E-state index >= 15 is 0 Å². The first-order valence-electron chi connectivity index (χ1n) is 6.02. The number of hydrogen-bond acceptors (Lipinski definition) is 5. The van der Waals surface area contributed by atoms with Gasteiger partial charge in [0.05, 0.1) is 6.61 Å². The Hall–Kier alpha value is -1.65. The van der Waals surface area contributed by atoms with Crippen LogP contribution in [-0.2, 0) is 9.53 Å². The summed E-state index contributed by atoms with van der Waals surface area (Å²) in [7, 11) is 0. The van der Waals surface area contributed by atoms with Crippen LogP contribution < -0.4 is 4.90 Å². The van der Waals surface area contributed by atoms with E-state index in [1.165, 1.54) is 6.33 Å². The van der Waals surface area contributed by atoms with Crippen molar-refractivity contribution in [2.24, 2.45) is 0 Å². The maximum absolute atomic E-state index is 11.9. The fourth-order valence-electron chi connectivity index (χ4n) is 2.14. The highest BCUT2D eigenvalue weighted by Gasteiger charge is 2.30. The van der Waals surface area contributed by atoms with E-state index in [1.807, 2.05) is 17.9 Å². The zero-order chi connectivity index (χ0) is 12.1. The average molecular weight is 235 g/mol. The fraction of sp³-hybridized carbons (Fsp3) is 0.583. The lowest BCUT2D eigenvalue weighted by molar-refractivity contribution is -0.145. The average Bonchev–Trinajstić information content (AvgIpc) is 2.40. The highest BCUT2D eigenvalue weighted by atomic mass is 16.5. The number of piperidine rings is 1. The summed E-state index contributed by atoms with van der Waals surface area (Å²) in [6.45, 7) is 3.10. The number of anilines is 1. The molecule has 0 aromatic carbocycles. The van der Waals surface area contributed by atoms with Crippen LogP contribution in [0.1, 0.15) is 26.2 Å². The van der Waals surface area contributed by atoms with Gasteiger partial charge < -0.3 is 9.64 Å². The summed E-state index contributed by atoms with van der Waals surface area (Å²) in [6, 6.07) is 1.64. The fourth-order valence-corrected chi connectivity index (χ4v) is 2.14. The van der Waals surface area contributed by atoms with E-state index in [0.29, 0.717) is 6.61 Å². The van der Waals surface area contributed by atoms with Gasteiger partial charge in [0.1, 0.15) is 18.2 Å². The van der Waals surface area contributed by atoms with Gasteiger partial charge in [-0.3, -0.25) is 0 Å². The lowest BCUT2D eigenvalue weighted by Gasteiger charge is -2.34. The molecule has 0 saturated carbocycles. The molecule has 5 heteroatoms. The van der Waals surface area contributed by atoms with Crippen molar-refractivity contribution in [1.82, 2.24) is 9.97 Å². The van der Waals surface area contributed by atoms with Crippen molar-refractivity contribution in [3.05, 3.63) is 18.6 Å².